The van der Waals surface area contributed by atoms with Crippen molar-refractivity contribution in [3.05, 3.63) is 389 Å². The Bertz CT molecular complexity index is 8160. The van der Waals surface area contributed by atoms with Crippen LogP contribution in [0.1, 0.15) is 0 Å². The van der Waals surface area contributed by atoms with Crippen LogP contribution in [-0.2, 0) is 0 Å². The minimum absolute atomic E-state index is 0.617. The van der Waals surface area contributed by atoms with Gasteiger partial charge < -0.3 is 22.4 Å². The van der Waals surface area contributed by atoms with Gasteiger partial charge in [0.15, 0.2) is 16.7 Å². The molecule has 0 aliphatic carbocycles. The van der Waals surface area contributed by atoms with E-state index in [9.17, 15) is 0 Å². The first-order valence-corrected chi connectivity index (χ1v) is 39.2. The van der Waals surface area contributed by atoms with Crippen LogP contribution >= 0.6 is 0 Å². The number of nitrogens with zero attached hydrogens (tertiary/aromatic N) is 12. The number of fused-ring (bicyclic) bond motifs is 18. The van der Waals surface area contributed by atoms with Crippen LogP contribution in [0.4, 0.5) is 0 Å². The van der Waals surface area contributed by atoms with E-state index in [1.165, 1.54) is 0 Å². The molecule has 14 aromatic carbocycles. The Morgan fingerprint density at radius 1 is 0.229 bits per heavy atom. The van der Waals surface area contributed by atoms with Crippen LogP contribution in [-0.4, -0.2) is 57.4 Å². The predicted octanol–water partition coefficient (Wildman–Crippen LogP) is 25.7. The molecule has 11 heterocycles. The second-order valence-corrected chi connectivity index (χ2v) is 29.2. The molecule has 0 fully saturated rings. The molecule has 15 heteroatoms. The van der Waals surface area contributed by atoms with E-state index in [0.29, 0.717) is 23.6 Å². The van der Waals surface area contributed by atoms with Crippen molar-refractivity contribution in [1.29, 1.82) is 0 Å². The van der Waals surface area contributed by atoms with E-state index in [1.54, 1.807) is 0 Å². The Balaban J connectivity index is 0.000000105. The molecule has 0 atom stereocenters. The largest absolute Gasteiger partial charge is 0.435 e. The van der Waals surface area contributed by atoms with E-state index in [4.69, 9.17) is 43.2 Å². The molecule has 0 N–H and O–H groups in total. The number of benzene rings is 14. The van der Waals surface area contributed by atoms with E-state index >= 15 is 0 Å². The maximum absolute atomic E-state index is 6.45. The molecule has 0 aliphatic heterocycles. The minimum atomic E-state index is 0.617. The maximum atomic E-state index is 6.45. The van der Waals surface area contributed by atoms with Crippen LogP contribution in [0.5, 0.6) is 0 Å². The number of hydrogen-bond acceptors (Lipinski definition) is 10. The number of rotatable bonds is 10. The lowest BCUT2D eigenvalue weighted by Crippen LogP contribution is -2.00. The Hall–Kier alpha value is -16.4. The summed E-state index contributed by atoms with van der Waals surface area (Å²) in [4.78, 5) is 34.0. The summed E-state index contributed by atoms with van der Waals surface area (Å²) in [5.74, 6) is 2.52. The molecule has 554 valence electrons. The first kappa shape index (κ1) is 67.3. The fraction of sp³-hybridized carbons (Fsp3) is 0. The SMILES string of the molecule is c1ccc(-c2nc3ccc4c(c5ccccc5n4-c4ccc(-c5c(-c6ccccc6)nc6ccccn56)cc4)c3o2)cc1.c1ccc(-c2nc3ccc4c(c5ccccc5n4-c4ccc(-c5nc6ccccn6c5-c5ccccc5)cc4)c3o2)cc1.c1ccc(-c2nc3ccc4c(c5ccccc5n4-c4ncc5ccccc5n4)c3o2)cc1. The van der Waals surface area contributed by atoms with Crippen LogP contribution in [0.15, 0.2) is 402 Å². The van der Waals surface area contributed by atoms with Gasteiger partial charge in [-0.1, -0.05) is 224 Å². The summed E-state index contributed by atoms with van der Waals surface area (Å²) < 4.78 is 30.3. The maximum Gasteiger partial charge on any atom is 0.235 e. The summed E-state index contributed by atoms with van der Waals surface area (Å²) >= 11 is 0. The summed E-state index contributed by atoms with van der Waals surface area (Å²) in [6.45, 7) is 0. The standard InChI is InChI=1S/2C38H24N4O.C27H16N4O/c1-3-11-26(12-4-1)36-35(40-33-17-9-10-24-41(33)36)25-18-20-28(21-19-25)42-31-16-8-7-15-29(31)34-32(42)23-22-30-37(34)43-38(39-30)27-13-5-2-6-14-27;1-3-11-25(12-4-1)35-36(41-24-10-9-17-33(41)40-35)26-18-20-28(21-19-26)42-31-16-8-7-15-29(31)34-32(42)23-22-30-37(34)43-38(39-30)27-13-5-2-6-14-27;1-2-8-17(9-3-1)26-29-21-14-15-23-24(25(21)32-26)19-11-5-7-13-22(19)31(23)27-28-16-18-10-4-6-12-20(18)30-27/h2*1-24H;1-16H. The molecule has 118 heavy (non-hydrogen) atoms. The van der Waals surface area contributed by atoms with E-state index in [0.717, 1.165) is 194 Å². The van der Waals surface area contributed by atoms with Crippen LogP contribution in [0.2, 0.25) is 0 Å². The fourth-order valence-electron chi connectivity index (χ4n) is 16.9. The number of imidazole rings is 2. The molecule has 0 bridgehead atoms. The minimum Gasteiger partial charge on any atom is -0.435 e. The third kappa shape index (κ3) is 11.2. The van der Waals surface area contributed by atoms with Crippen molar-refractivity contribution in [1.82, 2.24) is 57.4 Å². The van der Waals surface area contributed by atoms with E-state index in [2.05, 4.69) is 240 Å². The van der Waals surface area contributed by atoms with Gasteiger partial charge in [0.1, 0.15) is 27.8 Å². The molecular weight excluding hydrogens is 1450 g/mol. The Kier molecular flexibility index (Phi) is 15.8. The average molecular weight is 1520 g/mol. The number of oxazole rings is 3. The van der Waals surface area contributed by atoms with Crippen molar-refractivity contribution >= 4 is 121 Å². The fourth-order valence-corrected chi connectivity index (χ4v) is 16.9. The van der Waals surface area contributed by atoms with Gasteiger partial charge in [0.25, 0.3) is 0 Å². The summed E-state index contributed by atoms with van der Waals surface area (Å²) in [7, 11) is 0. The lowest BCUT2D eigenvalue weighted by molar-refractivity contribution is 0.622. The van der Waals surface area contributed by atoms with Gasteiger partial charge in [-0.15, -0.1) is 0 Å². The Morgan fingerprint density at radius 3 is 1.01 bits per heavy atom. The molecular formula is C103H64N12O3. The number of aromatic nitrogens is 12. The van der Waals surface area contributed by atoms with Crippen LogP contribution < -0.4 is 0 Å². The highest BCUT2D eigenvalue weighted by molar-refractivity contribution is 6.22. The molecule has 0 unspecified atom stereocenters. The molecule has 0 radical (unpaired) electrons. The predicted molar refractivity (Wildman–Crippen MR) is 474 cm³/mol. The summed E-state index contributed by atoms with van der Waals surface area (Å²) in [5, 5.41) is 7.52. The lowest BCUT2D eigenvalue weighted by atomic mass is 10.0. The topological polar surface area (TPSA) is 153 Å². The quantitative estimate of drug-likeness (QED) is 0.129. The monoisotopic (exact) mass is 1520 g/mol. The Morgan fingerprint density at radius 2 is 0.568 bits per heavy atom. The van der Waals surface area contributed by atoms with Crippen molar-refractivity contribution in [2.75, 3.05) is 0 Å². The molecule has 0 amide bonds. The van der Waals surface area contributed by atoms with Crippen molar-refractivity contribution in [3.63, 3.8) is 0 Å². The molecule has 0 aliphatic rings. The second-order valence-electron chi connectivity index (χ2n) is 29.2. The number of hydrogen-bond donors (Lipinski definition) is 0. The summed E-state index contributed by atoms with van der Waals surface area (Å²) in [6.07, 6.45) is 6.03. The van der Waals surface area contributed by atoms with Gasteiger partial charge in [-0.3, -0.25) is 13.4 Å². The highest BCUT2D eigenvalue weighted by Gasteiger charge is 2.26. The van der Waals surface area contributed by atoms with E-state index in [1.807, 2.05) is 176 Å². The third-order valence-electron chi connectivity index (χ3n) is 22.3. The molecule has 0 spiro atoms. The summed E-state index contributed by atoms with van der Waals surface area (Å²) in [5.41, 5.74) is 27.6. The van der Waals surface area contributed by atoms with Crippen LogP contribution in [0.25, 0.3) is 218 Å². The number of pyridine rings is 2. The third-order valence-corrected chi connectivity index (χ3v) is 22.3. The molecule has 25 rings (SSSR count). The van der Waals surface area contributed by atoms with Gasteiger partial charge >= 0.3 is 0 Å². The lowest BCUT2D eigenvalue weighted by Gasteiger charge is -2.10. The van der Waals surface area contributed by atoms with Gasteiger partial charge in [0.2, 0.25) is 23.6 Å². The molecule has 11 aromatic heterocycles. The van der Waals surface area contributed by atoms with Crippen LogP contribution in [0, 0.1) is 0 Å². The van der Waals surface area contributed by atoms with Crippen LogP contribution in [0.3, 0.4) is 0 Å². The zero-order valence-electron chi connectivity index (χ0n) is 63.0. The van der Waals surface area contributed by atoms with Gasteiger partial charge in [0, 0.05) is 90.5 Å². The molecule has 0 saturated heterocycles. The van der Waals surface area contributed by atoms with E-state index < -0.39 is 0 Å². The summed E-state index contributed by atoms with van der Waals surface area (Å²) in [6, 6.07) is 126. The molecule has 25 aromatic rings. The van der Waals surface area contributed by atoms with E-state index in [-0.39, 0.29) is 0 Å². The highest BCUT2D eigenvalue weighted by Crippen LogP contribution is 2.44. The smallest absolute Gasteiger partial charge is 0.235 e. The highest BCUT2D eigenvalue weighted by atomic mass is 16.4. The number of para-hydroxylation sites is 4. The first-order chi connectivity index (χ1) is 58.5. The molecule has 0 saturated carbocycles. The Labute approximate surface area is 672 Å². The van der Waals surface area contributed by atoms with Gasteiger partial charge in [-0.2, -0.15) is 0 Å². The normalized spacial score (nSPS) is 11.7. The zero-order valence-corrected chi connectivity index (χ0v) is 63.0. The first-order valence-electron chi connectivity index (χ1n) is 39.2. The van der Waals surface area contributed by atoms with Gasteiger partial charge in [-0.05, 0) is 146 Å². The van der Waals surface area contributed by atoms with Crippen molar-refractivity contribution in [2.24, 2.45) is 0 Å². The zero-order chi connectivity index (χ0) is 77.7. The van der Waals surface area contributed by atoms with Crippen molar-refractivity contribution in [2.45, 2.75) is 0 Å². The van der Waals surface area contributed by atoms with Crippen molar-refractivity contribution < 1.29 is 13.3 Å². The molecule has 15 nitrogen and oxygen atoms in total. The van der Waals surface area contributed by atoms with Gasteiger partial charge in [-0.25, -0.2) is 34.9 Å². The second kappa shape index (κ2) is 27.8. The van der Waals surface area contributed by atoms with Crippen molar-refractivity contribution in [3.8, 4) is 96.7 Å². The van der Waals surface area contributed by atoms with Gasteiger partial charge in [0.05, 0.1) is 77.6 Å². The average Bonchev–Trinajstić information content (AvgIpc) is 1.57.